The van der Waals surface area contributed by atoms with Crippen LogP contribution in [0, 0.1) is 0 Å². The molecule has 1 heterocycles. The molecule has 0 N–H and O–H groups in total. The average Bonchev–Trinajstić information content (AvgIpc) is 3.85. The Balaban J connectivity index is 1.11. The van der Waals surface area contributed by atoms with Crippen molar-refractivity contribution < 1.29 is 0 Å². The Morgan fingerprint density at radius 2 is 0.885 bits per heavy atom. The topological polar surface area (TPSA) is 3.24 Å². The van der Waals surface area contributed by atoms with Crippen LogP contribution >= 0.6 is 11.3 Å². The molecule has 0 radical (unpaired) electrons. The maximum atomic E-state index is 2.49. The van der Waals surface area contributed by atoms with Gasteiger partial charge in [0.15, 0.2) is 0 Å². The van der Waals surface area contributed by atoms with Gasteiger partial charge in [-0.3, -0.25) is 0 Å². The van der Waals surface area contributed by atoms with Crippen molar-refractivity contribution in [2.45, 2.75) is 5.41 Å². The summed E-state index contributed by atoms with van der Waals surface area (Å²) in [6.07, 6.45) is 0. The summed E-state index contributed by atoms with van der Waals surface area (Å²) < 4.78 is 2.58. The van der Waals surface area contributed by atoms with E-state index in [9.17, 15) is 0 Å². The highest BCUT2D eigenvalue weighted by molar-refractivity contribution is 7.25. The fourth-order valence-corrected chi connectivity index (χ4v) is 11.2. The second-order valence-corrected chi connectivity index (χ2v) is 17.1. The van der Waals surface area contributed by atoms with Crippen LogP contribution in [0.4, 0.5) is 17.1 Å². The first-order valence-corrected chi connectivity index (χ1v) is 21.8. The van der Waals surface area contributed by atoms with Crippen LogP contribution in [0.15, 0.2) is 237 Å². The highest BCUT2D eigenvalue weighted by atomic mass is 32.1. The second-order valence-electron chi connectivity index (χ2n) is 16.0. The molecule has 1 aromatic heterocycles. The molecule has 0 aliphatic heterocycles. The number of anilines is 3. The SMILES string of the molecule is c1ccc(C2(c3ccccc3)c3ccccc3-c3ccc(N(c4ccc5c(c4)sc4ccccc45)c4ccccc4-c4cccc(-c5cccc6ccccc56)c4)cc32)cc1. The van der Waals surface area contributed by atoms with Crippen molar-refractivity contribution in [2.24, 2.45) is 0 Å². The van der Waals surface area contributed by atoms with Crippen LogP contribution in [0.25, 0.3) is 64.3 Å². The number of hydrogen-bond acceptors (Lipinski definition) is 2. The van der Waals surface area contributed by atoms with Gasteiger partial charge in [-0.25, -0.2) is 0 Å². The zero-order chi connectivity index (χ0) is 40.3. The number of thiophene rings is 1. The highest BCUT2D eigenvalue weighted by Gasteiger charge is 2.46. The van der Waals surface area contributed by atoms with Crippen molar-refractivity contribution in [3.8, 4) is 33.4 Å². The van der Waals surface area contributed by atoms with Gasteiger partial charge in [-0.05, 0) is 103 Å². The van der Waals surface area contributed by atoms with Crippen molar-refractivity contribution >= 4 is 59.3 Å². The van der Waals surface area contributed by atoms with Gasteiger partial charge in [-0.1, -0.05) is 194 Å². The fraction of sp³-hybridized carbons (Fsp3) is 0.0169. The molecule has 11 aromatic rings. The summed E-state index contributed by atoms with van der Waals surface area (Å²) in [5.41, 5.74) is 15.3. The van der Waals surface area contributed by atoms with E-state index >= 15 is 0 Å². The summed E-state index contributed by atoms with van der Waals surface area (Å²) in [6, 6.07) is 87.4. The maximum absolute atomic E-state index is 2.49. The standard InChI is InChI=1S/C59H39NS/c1-3-21-43(22-4-1)59(44-23-5-2-6-24-44)54-30-12-9-27-50(54)51-35-33-45(38-55(51)59)60(46-34-36-53-52-28-11-14-32-57(52)61-58(53)39-46)56-31-13-10-26-49(56)42-20-15-19-41(37-42)48-29-16-18-40-17-7-8-25-47(40)48/h1-39H. The van der Waals surface area contributed by atoms with E-state index in [0.717, 1.165) is 17.1 Å². The minimum absolute atomic E-state index is 0.516. The third-order valence-corrected chi connectivity index (χ3v) is 13.9. The maximum Gasteiger partial charge on any atom is 0.0714 e. The third-order valence-electron chi connectivity index (χ3n) is 12.7. The largest absolute Gasteiger partial charge is 0.310 e. The molecule has 12 rings (SSSR count). The summed E-state index contributed by atoms with van der Waals surface area (Å²) in [4.78, 5) is 2.49. The van der Waals surface area contributed by atoms with E-state index in [2.05, 4.69) is 241 Å². The molecule has 10 aromatic carbocycles. The molecule has 61 heavy (non-hydrogen) atoms. The van der Waals surface area contributed by atoms with Crippen LogP contribution in [-0.2, 0) is 5.41 Å². The van der Waals surface area contributed by atoms with Gasteiger partial charge < -0.3 is 4.90 Å². The van der Waals surface area contributed by atoms with Crippen LogP contribution < -0.4 is 4.90 Å². The van der Waals surface area contributed by atoms with Crippen LogP contribution in [0.3, 0.4) is 0 Å². The second kappa shape index (κ2) is 14.3. The van der Waals surface area contributed by atoms with E-state index in [1.165, 1.54) is 86.6 Å². The van der Waals surface area contributed by atoms with Gasteiger partial charge in [0.1, 0.15) is 0 Å². The molecule has 0 spiro atoms. The van der Waals surface area contributed by atoms with E-state index in [1.807, 2.05) is 11.3 Å². The Morgan fingerprint density at radius 3 is 1.70 bits per heavy atom. The van der Waals surface area contributed by atoms with Gasteiger partial charge in [-0.2, -0.15) is 0 Å². The Hall–Kier alpha value is -7.52. The van der Waals surface area contributed by atoms with Crippen LogP contribution in [0.5, 0.6) is 0 Å². The summed E-state index contributed by atoms with van der Waals surface area (Å²) in [5.74, 6) is 0. The molecule has 0 bridgehead atoms. The Kier molecular flexibility index (Phi) is 8.33. The number of hydrogen-bond donors (Lipinski definition) is 0. The summed E-state index contributed by atoms with van der Waals surface area (Å²) >= 11 is 1.86. The molecule has 0 unspecified atom stereocenters. The van der Waals surface area contributed by atoms with Gasteiger partial charge >= 0.3 is 0 Å². The lowest BCUT2D eigenvalue weighted by atomic mass is 9.67. The van der Waals surface area contributed by atoms with Gasteiger partial charge in [0.05, 0.1) is 11.1 Å². The van der Waals surface area contributed by atoms with Gasteiger partial charge in [0, 0.05) is 37.1 Å². The summed E-state index contributed by atoms with van der Waals surface area (Å²) in [7, 11) is 0. The first-order chi connectivity index (χ1) is 30.3. The molecular formula is C59H39NS. The molecule has 0 saturated carbocycles. The Labute approximate surface area is 360 Å². The predicted octanol–water partition coefficient (Wildman–Crippen LogP) is 16.4. The van der Waals surface area contributed by atoms with Crippen molar-refractivity contribution in [1.29, 1.82) is 0 Å². The molecular weight excluding hydrogens is 755 g/mol. The summed E-state index contributed by atoms with van der Waals surface area (Å²) in [6.45, 7) is 0. The Morgan fingerprint density at radius 1 is 0.328 bits per heavy atom. The van der Waals surface area contributed by atoms with E-state index in [-0.39, 0.29) is 0 Å². The lowest BCUT2D eigenvalue weighted by molar-refractivity contribution is 0.768. The number of rotatable bonds is 7. The van der Waals surface area contributed by atoms with Gasteiger partial charge in [-0.15, -0.1) is 11.3 Å². The normalized spacial score (nSPS) is 12.7. The highest BCUT2D eigenvalue weighted by Crippen LogP contribution is 2.57. The molecule has 0 saturated heterocycles. The number of para-hydroxylation sites is 1. The van der Waals surface area contributed by atoms with Crippen LogP contribution in [-0.4, -0.2) is 0 Å². The summed E-state index contributed by atoms with van der Waals surface area (Å²) in [5, 5.41) is 5.09. The van der Waals surface area contributed by atoms with Crippen molar-refractivity contribution in [3.05, 3.63) is 259 Å². The molecule has 286 valence electrons. The zero-order valence-electron chi connectivity index (χ0n) is 33.4. The van der Waals surface area contributed by atoms with E-state index in [1.54, 1.807) is 0 Å². The van der Waals surface area contributed by atoms with Gasteiger partial charge in [0.2, 0.25) is 0 Å². The average molecular weight is 794 g/mol. The zero-order valence-corrected chi connectivity index (χ0v) is 34.2. The molecule has 0 atom stereocenters. The quantitative estimate of drug-likeness (QED) is 0.155. The number of fused-ring (bicyclic) bond motifs is 7. The van der Waals surface area contributed by atoms with Crippen LogP contribution in [0.2, 0.25) is 0 Å². The Bertz CT molecular complexity index is 3390. The minimum Gasteiger partial charge on any atom is -0.310 e. The molecule has 1 aliphatic rings. The molecule has 0 fully saturated rings. The molecule has 2 heteroatoms. The lowest BCUT2D eigenvalue weighted by Crippen LogP contribution is -2.28. The predicted molar refractivity (Wildman–Crippen MR) is 260 cm³/mol. The fourth-order valence-electron chi connectivity index (χ4n) is 10.1. The monoisotopic (exact) mass is 793 g/mol. The van der Waals surface area contributed by atoms with Crippen LogP contribution in [0.1, 0.15) is 22.3 Å². The van der Waals surface area contributed by atoms with Gasteiger partial charge in [0.25, 0.3) is 0 Å². The van der Waals surface area contributed by atoms with E-state index in [4.69, 9.17) is 0 Å². The smallest absolute Gasteiger partial charge is 0.0714 e. The molecule has 0 amide bonds. The third kappa shape index (κ3) is 5.60. The van der Waals surface area contributed by atoms with E-state index < -0.39 is 5.41 Å². The lowest BCUT2D eigenvalue weighted by Gasteiger charge is -2.35. The molecule has 1 nitrogen and oxygen atoms in total. The molecule has 1 aliphatic carbocycles. The van der Waals surface area contributed by atoms with Crippen molar-refractivity contribution in [3.63, 3.8) is 0 Å². The van der Waals surface area contributed by atoms with Crippen molar-refractivity contribution in [2.75, 3.05) is 4.90 Å². The number of benzene rings is 10. The minimum atomic E-state index is -0.516. The van der Waals surface area contributed by atoms with E-state index in [0.29, 0.717) is 0 Å². The first kappa shape index (κ1) is 35.4. The number of nitrogens with zero attached hydrogens (tertiary/aromatic N) is 1. The first-order valence-electron chi connectivity index (χ1n) is 21.0. The van der Waals surface area contributed by atoms with Crippen molar-refractivity contribution in [1.82, 2.24) is 0 Å².